The van der Waals surface area contributed by atoms with E-state index in [1.54, 1.807) is 32.9 Å². The van der Waals surface area contributed by atoms with Crippen molar-refractivity contribution in [3.8, 4) is 11.5 Å². The van der Waals surface area contributed by atoms with Gasteiger partial charge in [-0.05, 0) is 36.8 Å². The van der Waals surface area contributed by atoms with E-state index < -0.39 is 0 Å². The van der Waals surface area contributed by atoms with Crippen LogP contribution in [0.3, 0.4) is 0 Å². The quantitative estimate of drug-likeness (QED) is 0.533. The molecule has 0 aromatic heterocycles. The molecule has 122 valence electrons. The van der Waals surface area contributed by atoms with Crippen LogP contribution in [0, 0.1) is 0 Å². The first-order valence-electron chi connectivity index (χ1n) is 7.11. The minimum Gasteiger partial charge on any atom is -0.493 e. The lowest BCUT2D eigenvalue weighted by Gasteiger charge is -2.09. The summed E-state index contributed by atoms with van der Waals surface area (Å²) in [5.41, 5.74) is 1.15. The van der Waals surface area contributed by atoms with E-state index in [-0.39, 0.29) is 5.78 Å². The van der Waals surface area contributed by atoms with Crippen molar-refractivity contribution in [2.45, 2.75) is 20.3 Å². The van der Waals surface area contributed by atoms with Gasteiger partial charge in [0.05, 0.1) is 20.0 Å². The molecular formula is C16H23NO3S2. The first kappa shape index (κ1) is 18.9. The zero-order valence-corrected chi connectivity index (χ0v) is 15.2. The minimum absolute atomic E-state index is 0.175. The maximum Gasteiger partial charge on any atom is 0.160 e. The molecule has 0 saturated heterocycles. The Balaban J connectivity index is 2.62. The van der Waals surface area contributed by atoms with Gasteiger partial charge in [0.1, 0.15) is 10.2 Å². The Hall–Kier alpha value is -1.14. The molecule has 1 aromatic rings. The number of nitrogens with zero attached hydrogens (tertiary/aromatic N) is 1. The Morgan fingerprint density at radius 3 is 2.50 bits per heavy atom. The molecule has 0 spiro atoms. The SMILES string of the molecule is CCSC(=NCCc1ccc(OC)c(OC)c1)SCC(C)=O. The Morgan fingerprint density at radius 2 is 1.91 bits per heavy atom. The summed E-state index contributed by atoms with van der Waals surface area (Å²) in [7, 11) is 3.26. The Labute approximate surface area is 141 Å². The maximum atomic E-state index is 11.1. The molecular weight excluding hydrogens is 318 g/mol. The van der Waals surface area contributed by atoms with Crippen LogP contribution in [-0.2, 0) is 11.2 Å². The van der Waals surface area contributed by atoms with Crippen LogP contribution < -0.4 is 9.47 Å². The van der Waals surface area contributed by atoms with E-state index in [1.165, 1.54) is 11.8 Å². The largest absolute Gasteiger partial charge is 0.493 e. The topological polar surface area (TPSA) is 47.9 Å². The fourth-order valence-electron chi connectivity index (χ4n) is 1.73. The fraction of sp³-hybridized carbons (Fsp3) is 0.500. The highest BCUT2D eigenvalue weighted by atomic mass is 32.2. The molecule has 0 bridgehead atoms. The maximum absolute atomic E-state index is 11.1. The van der Waals surface area contributed by atoms with Gasteiger partial charge in [-0.25, -0.2) is 0 Å². The average molecular weight is 341 g/mol. The van der Waals surface area contributed by atoms with Crippen molar-refractivity contribution in [1.29, 1.82) is 0 Å². The van der Waals surface area contributed by atoms with Crippen LogP contribution in [-0.4, -0.2) is 42.4 Å². The highest BCUT2D eigenvalue weighted by Crippen LogP contribution is 2.27. The third kappa shape index (κ3) is 6.75. The molecule has 0 heterocycles. The molecule has 0 N–H and O–H groups in total. The number of thioether (sulfide) groups is 2. The number of ether oxygens (including phenoxy) is 2. The molecule has 6 heteroatoms. The van der Waals surface area contributed by atoms with Crippen LogP contribution >= 0.6 is 23.5 Å². The Morgan fingerprint density at radius 1 is 1.18 bits per heavy atom. The van der Waals surface area contributed by atoms with Crippen LogP contribution in [0.25, 0.3) is 0 Å². The predicted molar refractivity (Wildman–Crippen MR) is 96.8 cm³/mol. The van der Waals surface area contributed by atoms with Crippen molar-refractivity contribution >= 4 is 33.7 Å². The summed E-state index contributed by atoms with van der Waals surface area (Å²) in [6, 6.07) is 5.90. The first-order valence-corrected chi connectivity index (χ1v) is 9.08. The Kier molecular flexibility index (Phi) is 9.08. The lowest BCUT2D eigenvalue weighted by atomic mass is 10.1. The van der Waals surface area contributed by atoms with Gasteiger partial charge in [-0.2, -0.15) is 0 Å². The standard InChI is InChI=1S/C16H23NO3S2/c1-5-21-16(22-11-12(2)18)17-9-8-13-6-7-14(19-3)15(10-13)20-4/h6-7,10H,5,8-9,11H2,1-4H3. The molecule has 1 rings (SSSR count). The van der Waals surface area contributed by atoms with Crippen LogP contribution in [0.1, 0.15) is 19.4 Å². The lowest BCUT2D eigenvalue weighted by molar-refractivity contribution is -0.114. The minimum atomic E-state index is 0.175. The van der Waals surface area contributed by atoms with E-state index in [0.717, 1.165) is 33.6 Å². The van der Waals surface area contributed by atoms with Crippen molar-refractivity contribution in [2.24, 2.45) is 4.99 Å². The number of benzene rings is 1. The molecule has 0 aliphatic carbocycles. The van der Waals surface area contributed by atoms with Crippen molar-refractivity contribution in [2.75, 3.05) is 32.3 Å². The second-order valence-corrected chi connectivity index (χ2v) is 6.99. The molecule has 0 radical (unpaired) electrons. The van der Waals surface area contributed by atoms with Gasteiger partial charge in [-0.3, -0.25) is 9.79 Å². The van der Waals surface area contributed by atoms with Gasteiger partial charge in [0, 0.05) is 6.54 Å². The molecule has 1 aromatic carbocycles. The third-order valence-electron chi connectivity index (χ3n) is 2.76. The van der Waals surface area contributed by atoms with Crippen molar-refractivity contribution in [3.63, 3.8) is 0 Å². The number of rotatable bonds is 8. The summed E-state index contributed by atoms with van der Waals surface area (Å²) < 4.78 is 11.5. The third-order valence-corrected chi connectivity index (χ3v) is 5.05. The highest BCUT2D eigenvalue weighted by Gasteiger charge is 2.05. The summed E-state index contributed by atoms with van der Waals surface area (Å²) in [6.07, 6.45) is 0.828. The van der Waals surface area contributed by atoms with Crippen molar-refractivity contribution in [1.82, 2.24) is 0 Å². The number of carbonyl (C=O) groups is 1. The second-order valence-electron chi connectivity index (χ2n) is 4.51. The van der Waals surface area contributed by atoms with Crippen molar-refractivity contribution < 1.29 is 14.3 Å². The summed E-state index contributed by atoms with van der Waals surface area (Å²) in [4.78, 5) is 15.7. The summed E-state index contributed by atoms with van der Waals surface area (Å²) in [5, 5.41) is 0. The number of carbonyl (C=O) groups excluding carboxylic acids is 1. The molecule has 0 atom stereocenters. The molecule has 4 nitrogen and oxygen atoms in total. The van der Waals surface area contributed by atoms with Gasteiger partial charge in [0.25, 0.3) is 0 Å². The van der Waals surface area contributed by atoms with E-state index in [2.05, 4.69) is 11.9 Å². The number of methoxy groups -OCH3 is 2. The lowest BCUT2D eigenvalue weighted by Crippen LogP contribution is -2.00. The molecule has 22 heavy (non-hydrogen) atoms. The predicted octanol–water partition coefficient (Wildman–Crippen LogP) is 3.68. The zero-order chi connectivity index (χ0) is 16.4. The smallest absolute Gasteiger partial charge is 0.160 e. The summed E-state index contributed by atoms with van der Waals surface area (Å²) >= 11 is 3.21. The van der Waals surface area contributed by atoms with Crippen molar-refractivity contribution in [3.05, 3.63) is 23.8 Å². The van der Waals surface area contributed by atoms with Gasteiger partial charge in [0.2, 0.25) is 0 Å². The summed E-state index contributed by atoms with van der Waals surface area (Å²) in [5.74, 6) is 3.09. The summed E-state index contributed by atoms with van der Waals surface area (Å²) in [6.45, 7) is 4.39. The number of aliphatic imine (C=N–C) groups is 1. The first-order chi connectivity index (χ1) is 10.6. The van der Waals surface area contributed by atoms with Gasteiger partial charge in [-0.15, -0.1) is 11.8 Å². The van der Waals surface area contributed by atoms with Crippen LogP contribution in [0.15, 0.2) is 23.2 Å². The fourth-order valence-corrected chi connectivity index (χ4v) is 3.53. The van der Waals surface area contributed by atoms with E-state index in [4.69, 9.17) is 9.47 Å². The molecule has 0 aliphatic heterocycles. The second kappa shape index (κ2) is 10.6. The number of ketones is 1. The normalized spacial score (nSPS) is 11.4. The number of hydrogen-bond acceptors (Lipinski definition) is 6. The zero-order valence-electron chi connectivity index (χ0n) is 13.5. The molecule has 0 fully saturated rings. The van der Waals surface area contributed by atoms with E-state index in [9.17, 15) is 4.79 Å². The molecule has 0 unspecified atom stereocenters. The van der Waals surface area contributed by atoms with Crippen LogP contribution in [0.5, 0.6) is 11.5 Å². The van der Waals surface area contributed by atoms with E-state index >= 15 is 0 Å². The Bertz CT molecular complexity index is 518. The van der Waals surface area contributed by atoms with Gasteiger partial charge >= 0.3 is 0 Å². The monoisotopic (exact) mass is 341 g/mol. The molecule has 0 amide bonds. The number of hydrogen-bond donors (Lipinski definition) is 0. The van der Waals surface area contributed by atoms with Gasteiger partial charge in [-0.1, -0.05) is 24.8 Å². The molecule has 0 aliphatic rings. The number of Topliss-reactive ketones (excluding diaryl/α,β-unsaturated/α-hetero) is 1. The highest BCUT2D eigenvalue weighted by molar-refractivity contribution is 8.39. The van der Waals surface area contributed by atoms with Crippen LogP contribution in [0.2, 0.25) is 0 Å². The van der Waals surface area contributed by atoms with Gasteiger partial charge in [0.15, 0.2) is 11.5 Å². The van der Waals surface area contributed by atoms with E-state index in [0.29, 0.717) is 12.3 Å². The van der Waals surface area contributed by atoms with Crippen LogP contribution in [0.4, 0.5) is 0 Å². The molecule has 0 saturated carbocycles. The van der Waals surface area contributed by atoms with E-state index in [1.807, 2.05) is 18.2 Å². The van der Waals surface area contributed by atoms with Gasteiger partial charge < -0.3 is 9.47 Å². The average Bonchev–Trinajstić information content (AvgIpc) is 2.52.